The van der Waals surface area contributed by atoms with Gasteiger partial charge in [0.05, 0.1) is 24.0 Å². The number of hydrogen-bond donors (Lipinski definition) is 4. The van der Waals surface area contributed by atoms with Crippen molar-refractivity contribution in [3.8, 4) is 5.75 Å². The van der Waals surface area contributed by atoms with Gasteiger partial charge in [-0.05, 0) is 62.1 Å². The third-order valence-electron chi connectivity index (χ3n) is 6.95. The molecule has 1 aliphatic carbocycles. The van der Waals surface area contributed by atoms with Crippen molar-refractivity contribution in [2.24, 2.45) is 5.92 Å². The number of hydrogen-bond acceptors (Lipinski definition) is 8. The van der Waals surface area contributed by atoms with Gasteiger partial charge in [-0.25, -0.2) is 0 Å². The number of nitrogens with one attached hydrogen (secondary N) is 4. The Bertz CT molecular complexity index is 1480. The number of carbonyl (C=O) groups is 4. The van der Waals surface area contributed by atoms with Crippen LogP contribution in [-0.4, -0.2) is 66.0 Å². The Kier molecular flexibility index (Phi) is 8.09. The lowest BCUT2D eigenvalue weighted by Crippen LogP contribution is -2.27. The lowest BCUT2D eigenvalue weighted by atomic mass is 10.1. The summed E-state index contributed by atoms with van der Waals surface area (Å²) in [5.41, 5.74) is 1.98. The predicted molar refractivity (Wildman–Crippen MR) is 153 cm³/mol. The minimum absolute atomic E-state index is 0.00241. The normalized spacial score (nSPS) is 14.2. The molecule has 0 spiro atoms. The van der Waals surface area contributed by atoms with Crippen molar-refractivity contribution < 1.29 is 23.9 Å². The molecular formula is C29H31N7O5. The van der Waals surface area contributed by atoms with Gasteiger partial charge in [0.15, 0.2) is 17.3 Å². The second-order valence-electron chi connectivity index (χ2n) is 9.88. The molecule has 0 unspecified atom stereocenters. The first kappa shape index (κ1) is 27.6. The summed E-state index contributed by atoms with van der Waals surface area (Å²) >= 11 is 0. The Morgan fingerprint density at radius 2 is 1.63 bits per heavy atom. The topological polar surface area (TPSA) is 155 Å². The molecule has 1 aliphatic heterocycles. The monoisotopic (exact) mass is 557 g/mol. The number of methoxy groups -OCH3 is 1. The molecule has 1 saturated carbocycles. The van der Waals surface area contributed by atoms with Gasteiger partial charge in [0.2, 0.25) is 5.91 Å². The largest absolute Gasteiger partial charge is 0.494 e. The highest BCUT2D eigenvalue weighted by atomic mass is 16.5. The molecule has 3 aromatic rings. The maximum Gasteiger partial charge on any atom is 0.273 e. The summed E-state index contributed by atoms with van der Waals surface area (Å²) in [6.07, 6.45) is 3.68. The molecule has 2 aromatic carbocycles. The van der Waals surface area contributed by atoms with Gasteiger partial charge in [0.1, 0.15) is 0 Å². The van der Waals surface area contributed by atoms with Crippen molar-refractivity contribution in [2.45, 2.75) is 25.7 Å². The molecule has 12 heteroatoms. The SMILES string of the molecule is CNC(=O)c1nnc(NC(=O)C2CC2)cc1Nc1cccc(C(=O)Nc2ccc(C(=O)N3CCCC3)cc2)c1OC. The molecule has 2 aliphatic rings. The average molecular weight is 558 g/mol. The number of benzene rings is 2. The fraction of sp³-hybridized carbons (Fsp3) is 0.310. The van der Waals surface area contributed by atoms with Crippen molar-refractivity contribution in [3.05, 3.63) is 65.4 Å². The quantitative estimate of drug-likeness (QED) is 0.312. The van der Waals surface area contributed by atoms with Crippen molar-refractivity contribution in [1.82, 2.24) is 20.4 Å². The zero-order chi connectivity index (χ0) is 28.9. The fourth-order valence-electron chi connectivity index (χ4n) is 4.58. The Labute approximate surface area is 236 Å². The van der Waals surface area contributed by atoms with Gasteiger partial charge in [-0.1, -0.05) is 6.07 Å². The molecule has 0 atom stereocenters. The average Bonchev–Trinajstić information content (AvgIpc) is 3.70. The Morgan fingerprint density at radius 3 is 2.29 bits per heavy atom. The maximum absolute atomic E-state index is 13.3. The highest BCUT2D eigenvalue weighted by Gasteiger charge is 2.30. The predicted octanol–water partition coefficient (Wildman–Crippen LogP) is 3.43. The van der Waals surface area contributed by atoms with E-state index < -0.39 is 11.8 Å². The summed E-state index contributed by atoms with van der Waals surface area (Å²) in [4.78, 5) is 52.4. The van der Waals surface area contributed by atoms with Gasteiger partial charge in [0.25, 0.3) is 17.7 Å². The second kappa shape index (κ2) is 12.0. The summed E-state index contributed by atoms with van der Waals surface area (Å²) in [6.45, 7) is 1.52. The van der Waals surface area contributed by atoms with E-state index in [1.54, 1.807) is 42.5 Å². The van der Waals surface area contributed by atoms with Crippen molar-refractivity contribution in [3.63, 3.8) is 0 Å². The summed E-state index contributed by atoms with van der Waals surface area (Å²) in [5, 5.41) is 19.2. The zero-order valence-corrected chi connectivity index (χ0v) is 22.8. The number of ether oxygens (including phenoxy) is 1. The lowest BCUT2D eigenvalue weighted by molar-refractivity contribution is -0.117. The molecule has 4 amide bonds. The molecule has 1 aromatic heterocycles. The van der Waals surface area contributed by atoms with Crippen LogP contribution in [0.3, 0.4) is 0 Å². The van der Waals surface area contributed by atoms with Crippen LogP contribution in [0, 0.1) is 5.92 Å². The van der Waals surface area contributed by atoms with Gasteiger partial charge in [0, 0.05) is 43.4 Å². The third-order valence-corrected chi connectivity index (χ3v) is 6.95. The number of anilines is 4. The van der Waals surface area contributed by atoms with E-state index in [1.165, 1.54) is 20.2 Å². The minimum atomic E-state index is -0.486. The first-order valence-corrected chi connectivity index (χ1v) is 13.4. The van der Waals surface area contributed by atoms with E-state index in [4.69, 9.17) is 4.74 Å². The molecule has 1 saturated heterocycles. The van der Waals surface area contributed by atoms with E-state index in [-0.39, 0.29) is 46.2 Å². The second-order valence-corrected chi connectivity index (χ2v) is 9.88. The number of aromatic nitrogens is 2. The van der Waals surface area contributed by atoms with Crippen LogP contribution in [0.4, 0.5) is 22.9 Å². The molecule has 41 heavy (non-hydrogen) atoms. The number of likely N-dealkylation sites (tertiary alicyclic amines) is 1. The highest BCUT2D eigenvalue weighted by Crippen LogP contribution is 2.34. The molecule has 2 fully saturated rings. The molecule has 0 radical (unpaired) electrons. The molecule has 4 N–H and O–H groups in total. The van der Waals surface area contributed by atoms with Crippen LogP contribution in [0.1, 0.15) is 56.9 Å². The van der Waals surface area contributed by atoms with Crippen LogP contribution in [0.15, 0.2) is 48.5 Å². The number of carbonyl (C=O) groups excluding carboxylic acids is 4. The van der Waals surface area contributed by atoms with E-state index in [0.29, 0.717) is 16.9 Å². The molecular weight excluding hydrogens is 526 g/mol. The number of nitrogens with zero attached hydrogens (tertiary/aromatic N) is 3. The summed E-state index contributed by atoms with van der Waals surface area (Å²) < 4.78 is 5.60. The Balaban J connectivity index is 1.36. The van der Waals surface area contributed by atoms with E-state index in [0.717, 1.165) is 38.8 Å². The van der Waals surface area contributed by atoms with E-state index in [9.17, 15) is 19.2 Å². The number of amides is 4. The number of rotatable bonds is 9. The Hall–Kier alpha value is -5.00. The highest BCUT2D eigenvalue weighted by molar-refractivity contribution is 6.08. The van der Waals surface area contributed by atoms with Gasteiger partial charge in [-0.2, -0.15) is 0 Å². The van der Waals surface area contributed by atoms with Crippen molar-refractivity contribution in [1.29, 1.82) is 0 Å². The molecule has 212 valence electrons. The third kappa shape index (κ3) is 6.26. The fourth-order valence-corrected chi connectivity index (χ4v) is 4.58. The number of para-hydroxylation sites is 1. The van der Waals surface area contributed by atoms with Crippen molar-refractivity contribution in [2.75, 3.05) is 43.2 Å². The summed E-state index contributed by atoms with van der Waals surface area (Å²) in [6, 6.07) is 13.2. The summed E-state index contributed by atoms with van der Waals surface area (Å²) in [5.74, 6) is -0.699. The van der Waals surface area contributed by atoms with Gasteiger partial charge >= 0.3 is 0 Å². The molecule has 5 rings (SSSR count). The van der Waals surface area contributed by atoms with Gasteiger partial charge < -0.3 is 30.9 Å². The first-order chi connectivity index (χ1) is 19.9. The Morgan fingerprint density at radius 1 is 0.902 bits per heavy atom. The van der Waals surface area contributed by atoms with Crippen LogP contribution < -0.4 is 26.0 Å². The van der Waals surface area contributed by atoms with Gasteiger partial charge in [-0.15, -0.1) is 10.2 Å². The molecule has 12 nitrogen and oxygen atoms in total. The van der Waals surface area contributed by atoms with Crippen molar-refractivity contribution >= 4 is 46.5 Å². The zero-order valence-electron chi connectivity index (χ0n) is 22.8. The van der Waals surface area contributed by atoms with E-state index in [2.05, 4.69) is 31.5 Å². The van der Waals surface area contributed by atoms with Crippen LogP contribution >= 0.6 is 0 Å². The lowest BCUT2D eigenvalue weighted by Gasteiger charge is -2.17. The van der Waals surface area contributed by atoms with E-state index >= 15 is 0 Å². The van der Waals surface area contributed by atoms with Crippen LogP contribution in [0.5, 0.6) is 5.75 Å². The molecule has 0 bridgehead atoms. The minimum Gasteiger partial charge on any atom is -0.494 e. The first-order valence-electron chi connectivity index (χ1n) is 13.4. The van der Waals surface area contributed by atoms with E-state index in [1.807, 2.05) is 4.90 Å². The van der Waals surface area contributed by atoms with Crippen LogP contribution in [-0.2, 0) is 4.79 Å². The smallest absolute Gasteiger partial charge is 0.273 e. The molecule has 2 heterocycles. The van der Waals surface area contributed by atoms with Crippen LogP contribution in [0.25, 0.3) is 0 Å². The maximum atomic E-state index is 13.3. The standard InChI is InChI=1S/C29H31N7O5/c1-30-28(39)24-22(16-23(34-35-24)33-26(37)17-8-9-17)32-21-7-5-6-20(25(21)41-2)27(38)31-19-12-10-18(11-13-19)29(40)36-14-3-4-15-36/h5-7,10-13,16-17H,3-4,8-9,14-15H2,1-2H3,(H,30,39)(H,31,38)(H2,32,33,34,37). The van der Waals surface area contributed by atoms with Crippen LogP contribution in [0.2, 0.25) is 0 Å². The summed E-state index contributed by atoms with van der Waals surface area (Å²) in [7, 11) is 2.90. The van der Waals surface area contributed by atoms with Gasteiger partial charge in [-0.3, -0.25) is 19.2 Å².